The monoisotopic (exact) mass is 417 g/mol. The van der Waals surface area contributed by atoms with E-state index in [2.05, 4.69) is 44.1 Å². The maximum Gasteiger partial charge on any atom is 0.191 e. The van der Waals surface area contributed by atoms with E-state index in [0.29, 0.717) is 12.6 Å². The first-order valence-corrected chi connectivity index (χ1v) is 10.9. The highest BCUT2D eigenvalue weighted by atomic mass is 35.5. The molecule has 3 rings (SSSR count). The van der Waals surface area contributed by atoms with E-state index >= 15 is 0 Å². The first kappa shape index (κ1) is 21.6. The van der Waals surface area contributed by atoms with Gasteiger partial charge in [0.2, 0.25) is 0 Å². The zero-order chi connectivity index (χ0) is 20.5. The van der Waals surface area contributed by atoms with Gasteiger partial charge in [-0.05, 0) is 43.6 Å². The molecule has 2 N–H and O–H groups in total. The van der Waals surface area contributed by atoms with Gasteiger partial charge in [-0.2, -0.15) is 0 Å². The van der Waals surface area contributed by atoms with E-state index in [1.54, 1.807) is 6.33 Å². The van der Waals surface area contributed by atoms with Crippen LogP contribution in [0.3, 0.4) is 0 Å². The molecule has 29 heavy (non-hydrogen) atoms. The number of hydrogen-bond donors (Lipinski definition) is 2. The van der Waals surface area contributed by atoms with Crippen LogP contribution in [-0.2, 0) is 19.5 Å². The van der Waals surface area contributed by atoms with E-state index in [0.717, 1.165) is 55.0 Å². The maximum absolute atomic E-state index is 5.99. The molecule has 1 aromatic heterocycles. The van der Waals surface area contributed by atoms with Crippen LogP contribution < -0.4 is 10.6 Å². The normalized spacial score (nSPS) is 17.6. The van der Waals surface area contributed by atoms with Crippen molar-refractivity contribution in [3.8, 4) is 0 Å². The van der Waals surface area contributed by atoms with E-state index in [4.69, 9.17) is 16.6 Å². The summed E-state index contributed by atoms with van der Waals surface area (Å²) in [4.78, 5) is 7.33. The lowest BCUT2D eigenvalue weighted by molar-refractivity contribution is 0.267. The molecule has 0 radical (unpaired) electrons. The molecule has 1 saturated heterocycles. The van der Waals surface area contributed by atoms with Crippen molar-refractivity contribution in [3.05, 3.63) is 47.0 Å². The van der Waals surface area contributed by atoms with Gasteiger partial charge in [0, 0.05) is 37.1 Å². The molecule has 0 spiro atoms. The number of benzene rings is 1. The third-order valence-corrected chi connectivity index (χ3v) is 5.65. The van der Waals surface area contributed by atoms with Crippen LogP contribution in [0.15, 0.2) is 35.6 Å². The summed E-state index contributed by atoms with van der Waals surface area (Å²) in [5, 5.41) is 15.9. The molecule has 0 bridgehead atoms. The topological polar surface area (TPSA) is 70.4 Å². The fourth-order valence-electron chi connectivity index (χ4n) is 3.73. The van der Waals surface area contributed by atoms with Gasteiger partial charge < -0.3 is 15.2 Å². The molecule has 8 heteroatoms. The smallest absolute Gasteiger partial charge is 0.191 e. The van der Waals surface area contributed by atoms with Gasteiger partial charge in [-0.25, -0.2) is 4.99 Å². The number of rotatable bonds is 9. The summed E-state index contributed by atoms with van der Waals surface area (Å²) >= 11 is 5.99. The number of hydrogen-bond acceptors (Lipinski definition) is 4. The Kier molecular flexibility index (Phi) is 8.31. The fourth-order valence-corrected chi connectivity index (χ4v) is 3.85. The molecule has 7 nitrogen and oxygen atoms in total. The van der Waals surface area contributed by atoms with E-state index in [-0.39, 0.29) is 0 Å². The molecule has 2 aromatic rings. The fraction of sp³-hybridized carbons (Fsp3) is 0.571. The molecule has 1 atom stereocenters. The predicted molar refractivity (Wildman–Crippen MR) is 118 cm³/mol. The molecular formula is C21H32ClN7. The molecule has 158 valence electrons. The summed E-state index contributed by atoms with van der Waals surface area (Å²) in [6.07, 6.45) is 5.19. The standard InChI is InChI=1S/C21H32ClN7/c1-3-20-27-26-16-29(20)13-11-23-21(24-14-17-7-9-18(22)10-8-17)25-15-19-6-5-12-28(19)4-2/h7-10,16,19H,3-6,11-15H2,1-2H3,(H2,23,24,25). The van der Waals surface area contributed by atoms with Crippen molar-refractivity contribution in [2.75, 3.05) is 26.2 Å². The summed E-state index contributed by atoms with van der Waals surface area (Å²) in [5.74, 6) is 1.85. The van der Waals surface area contributed by atoms with E-state index in [1.807, 2.05) is 24.3 Å². The number of nitrogens with one attached hydrogen (secondary N) is 2. The number of likely N-dealkylation sites (tertiary alicyclic amines) is 1. The lowest BCUT2D eigenvalue weighted by Gasteiger charge is -2.24. The van der Waals surface area contributed by atoms with Crippen LogP contribution in [0.2, 0.25) is 5.02 Å². The highest BCUT2D eigenvalue weighted by Gasteiger charge is 2.22. The summed E-state index contributed by atoms with van der Waals surface area (Å²) in [5.41, 5.74) is 1.14. The predicted octanol–water partition coefficient (Wildman–Crippen LogP) is 2.71. The van der Waals surface area contributed by atoms with Crippen molar-refractivity contribution in [1.82, 2.24) is 30.3 Å². The minimum absolute atomic E-state index is 0.576. The molecule has 2 heterocycles. The Morgan fingerprint density at radius 1 is 1.24 bits per heavy atom. The number of aromatic nitrogens is 3. The molecule has 0 aliphatic carbocycles. The quantitative estimate of drug-likeness (QED) is 0.485. The highest BCUT2D eigenvalue weighted by molar-refractivity contribution is 6.30. The Balaban J connectivity index is 1.58. The van der Waals surface area contributed by atoms with Crippen LogP contribution in [0.4, 0.5) is 0 Å². The van der Waals surface area contributed by atoms with Crippen molar-refractivity contribution in [1.29, 1.82) is 0 Å². The molecule has 0 saturated carbocycles. The Bertz CT molecular complexity index is 772. The molecule has 1 aliphatic heterocycles. The largest absolute Gasteiger partial charge is 0.355 e. The van der Waals surface area contributed by atoms with E-state index < -0.39 is 0 Å². The minimum atomic E-state index is 0.576. The zero-order valence-corrected chi connectivity index (χ0v) is 18.2. The summed E-state index contributed by atoms with van der Waals surface area (Å²) in [7, 11) is 0. The molecule has 1 aliphatic rings. The second kappa shape index (κ2) is 11.2. The van der Waals surface area contributed by atoms with Gasteiger partial charge in [-0.15, -0.1) is 10.2 Å². The molecule has 1 aromatic carbocycles. The highest BCUT2D eigenvalue weighted by Crippen LogP contribution is 2.15. The lowest BCUT2D eigenvalue weighted by Crippen LogP contribution is -2.45. The SMILES string of the molecule is CCc1nncn1CCNC(=NCc1ccc(Cl)cc1)NCC1CCCN1CC. The van der Waals surface area contributed by atoms with Gasteiger partial charge in [0.05, 0.1) is 6.54 Å². The molecule has 1 fully saturated rings. The van der Waals surface area contributed by atoms with Gasteiger partial charge in [0.15, 0.2) is 5.96 Å². The van der Waals surface area contributed by atoms with E-state index in [1.165, 1.54) is 19.4 Å². The van der Waals surface area contributed by atoms with Gasteiger partial charge in [0.1, 0.15) is 12.2 Å². The number of aliphatic imine (C=N–C) groups is 1. The van der Waals surface area contributed by atoms with Crippen molar-refractivity contribution >= 4 is 17.6 Å². The minimum Gasteiger partial charge on any atom is -0.355 e. The Hall–Kier alpha value is -2.12. The second-order valence-electron chi connectivity index (χ2n) is 7.32. The number of nitrogens with zero attached hydrogens (tertiary/aromatic N) is 5. The Labute approximate surface area is 178 Å². The summed E-state index contributed by atoms with van der Waals surface area (Å²) in [6, 6.07) is 8.42. The molecular weight excluding hydrogens is 386 g/mol. The van der Waals surface area contributed by atoms with Gasteiger partial charge >= 0.3 is 0 Å². The van der Waals surface area contributed by atoms with Gasteiger partial charge in [-0.3, -0.25) is 4.90 Å². The van der Waals surface area contributed by atoms with Crippen LogP contribution in [0.25, 0.3) is 0 Å². The third kappa shape index (κ3) is 6.44. The van der Waals surface area contributed by atoms with Crippen LogP contribution >= 0.6 is 11.6 Å². The number of halogens is 1. The third-order valence-electron chi connectivity index (χ3n) is 5.40. The number of aryl methyl sites for hydroxylation is 1. The average molecular weight is 418 g/mol. The van der Waals surface area contributed by atoms with Crippen molar-refractivity contribution in [2.24, 2.45) is 4.99 Å². The Morgan fingerprint density at radius 3 is 2.83 bits per heavy atom. The van der Waals surface area contributed by atoms with Crippen molar-refractivity contribution in [2.45, 2.75) is 52.2 Å². The van der Waals surface area contributed by atoms with Crippen molar-refractivity contribution < 1.29 is 0 Å². The second-order valence-corrected chi connectivity index (χ2v) is 7.75. The average Bonchev–Trinajstić information content (AvgIpc) is 3.39. The van der Waals surface area contributed by atoms with E-state index in [9.17, 15) is 0 Å². The zero-order valence-electron chi connectivity index (χ0n) is 17.4. The Morgan fingerprint density at radius 2 is 2.07 bits per heavy atom. The molecule has 1 unspecified atom stereocenters. The number of likely N-dealkylation sites (N-methyl/N-ethyl adjacent to an activating group) is 1. The van der Waals surface area contributed by atoms with Crippen LogP contribution in [-0.4, -0.2) is 57.8 Å². The summed E-state index contributed by atoms with van der Waals surface area (Å²) in [6.45, 7) is 9.72. The maximum atomic E-state index is 5.99. The first-order chi connectivity index (χ1) is 14.2. The van der Waals surface area contributed by atoms with Gasteiger partial charge in [-0.1, -0.05) is 37.6 Å². The lowest BCUT2D eigenvalue weighted by atomic mass is 10.2. The first-order valence-electron chi connectivity index (χ1n) is 10.6. The van der Waals surface area contributed by atoms with Crippen molar-refractivity contribution in [3.63, 3.8) is 0 Å². The van der Waals surface area contributed by atoms with Crippen LogP contribution in [0.5, 0.6) is 0 Å². The van der Waals surface area contributed by atoms with Crippen LogP contribution in [0.1, 0.15) is 38.1 Å². The molecule has 0 amide bonds. The van der Waals surface area contributed by atoms with Crippen LogP contribution in [0, 0.1) is 0 Å². The summed E-state index contributed by atoms with van der Waals surface area (Å²) < 4.78 is 2.08. The number of guanidine groups is 1. The van der Waals surface area contributed by atoms with Gasteiger partial charge in [0.25, 0.3) is 0 Å².